The molecule has 0 radical (unpaired) electrons. The number of carboxylic acid groups (broad SMARTS) is 1. The summed E-state index contributed by atoms with van der Waals surface area (Å²) in [4.78, 5) is 69.5. The number of likely N-dealkylation sites (tertiary alicyclic amines) is 1. The van der Waals surface area contributed by atoms with Gasteiger partial charge in [-0.15, -0.1) is 17.9 Å². The number of pyridine rings is 1. The number of benzene rings is 1. The van der Waals surface area contributed by atoms with Crippen LogP contribution in [-0.4, -0.2) is 75.1 Å². The maximum atomic E-state index is 14.8. The summed E-state index contributed by atoms with van der Waals surface area (Å²) in [5, 5.41) is 13.8. The minimum atomic E-state index is -1.27. The molecule has 308 valence electrons. The van der Waals surface area contributed by atoms with E-state index in [2.05, 4.69) is 25.3 Å². The zero-order valence-electron chi connectivity index (χ0n) is 33.7. The van der Waals surface area contributed by atoms with E-state index < -0.39 is 40.8 Å². The fraction of sp³-hybridized carbons (Fsp3) is 0.568. The standard InChI is InChI=1S/C44H51ClN4O8S/c1-8-26-18-44(26,42(53)54)19-34(50)33-15-28(20-49(33)41(52)30(43(4,5)6)16-38(51)57-27-13-24-12-25(24)14-27)56-36-17-31(32-21-58-37(47-32)11-23(2)3)48-40-29(36)9-10-35(39(40)45)55-22-46-7/h8-10,17,21,23-28,30,33H,1,11-16,18-20,22H2,2-6H3,(H,53,54)/t24-,25+,26-,27?,28+,30-,33+,44+/m1/s1. The lowest BCUT2D eigenvalue weighted by Crippen LogP contribution is -2.48. The second-order valence-electron chi connectivity index (χ2n) is 18.0. The Kier molecular flexibility index (Phi) is 11.7. The molecule has 3 heterocycles. The predicted molar refractivity (Wildman–Crippen MR) is 219 cm³/mol. The van der Waals surface area contributed by atoms with Gasteiger partial charge in [-0.1, -0.05) is 52.3 Å². The molecule has 1 aromatic carbocycles. The molecule has 1 N–H and O–H groups in total. The SMILES string of the molecule is [C-]#[N+]COc1ccc2c(O[C@H]3C[C@@H](C(=O)C[C@@]4(C(=O)O)C[C@H]4C=C)N(C(=O)[C@@H](CC(=O)OC4C[C@@H]5C[C@@H]5C4)C(C)(C)C)C3)cc(-c3csc(CC(C)C)n3)nc2c1Cl. The van der Waals surface area contributed by atoms with Crippen LogP contribution in [0.4, 0.5) is 0 Å². The highest BCUT2D eigenvalue weighted by molar-refractivity contribution is 7.09. The minimum Gasteiger partial charge on any atom is -0.488 e. The number of nitrogens with zero attached hydrogens (tertiary/aromatic N) is 4. The summed E-state index contributed by atoms with van der Waals surface area (Å²) in [6.07, 6.45) is 4.42. The van der Waals surface area contributed by atoms with Crippen LogP contribution in [0, 0.1) is 47.0 Å². The van der Waals surface area contributed by atoms with Crippen molar-refractivity contribution in [2.24, 2.45) is 40.4 Å². The first-order valence-corrected chi connectivity index (χ1v) is 21.4. The van der Waals surface area contributed by atoms with Crippen LogP contribution in [0.1, 0.15) is 84.6 Å². The molecule has 58 heavy (non-hydrogen) atoms. The highest BCUT2D eigenvalue weighted by atomic mass is 35.5. The molecular weight excluding hydrogens is 780 g/mol. The van der Waals surface area contributed by atoms with Crippen molar-refractivity contribution in [1.29, 1.82) is 0 Å². The number of hydrogen-bond acceptors (Lipinski definition) is 10. The lowest BCUT2D eigenvalue weighted by molar-refractivity contribution is -0.157. The molecule has 7 rings (SSSR count). The van der Waals surface area contributed by atoms with E-state index in [-0.39, 0.29) is 67.0 Å². The summed E-state index contributed by atoms with van der Waals surface area (Å²) in [5.41, 5.74) is -0.456. The maximum absolute atomic E-state index is 14.8. The van der Waals surface area contributed by atoms with E-state index >= 15 is 0 Å². The average Bonchev–Trinajstić information content (AvgIpc) is 3.83. The predicted octanol–water partition coefficient (Wildman–Crippen LogP) is 8.44. The fourth-order valence-corrected chi connectivity index (χ4v) is 10.1. The summed E-state index contributed by atoms with van der Waals surface area (Å²) in [7, 11) is 0. The molecule has 4 fully saturated rings. The van der Waals surface area contributed by atoms with Crippen molar-refractivity contribution in [3.05, 3.63) is 57.7 Å². The van der Waals surface area contributed by atoms with Gasteiger partial charge < -0.3 is 24.2 Å². The molecule has 1 unspecified atom stereocenters. The van der Waals surface area contributed by atoms with Crippen LogP contribution in [0.3, 0.4) is 0 Å². The summed E-state index contributed by atoms with van der Waals surface area (Å²) in [6, 6.07) is 4.16. The number of carboxylic acids is 1. The monoisotopic (exact) mass is 830 g/mol. The topological polar surface area (TPSA) is 150 Å². The molecule has 0 spiro atoms. The third-order valence-electron chi connectivity index (χ3n) is 12.3. The van der Waals surface area contributed by atoms with Crippen LogP contribution in [0.25, 0.3) is 27.1 Å². The van der Waals surface area contributed by atoms with Crippen LogP contribution in [0.5, 0.6) is 11.5 Å². The third-order valence-corrected chi connectivity index (χ3v) is 13.5. The molecule has 12 nitrogen and oxygen atoms in total. The second kappa shape index (κ2) is 16.3. The van der Waals surface area contributed by atoms with Gasteiger partial charge in [0.1, 0.15) is 28.7 Å². The van der Waals surface area contributed by atoms with Crippen molar-refractivity contribution in [3.63, 3.8) is 0 Å². The van der Waals surface area contributed by atoms with Crippen LogP contribution >= 0.6 is 22.9 Å². The van der Waals surface area contributed by atoms with Gasteiger partial charge in [0.15, 0.2) is 5.78 Å². The van der Waals surface area contributed by atoms with E-state index in [0.29, 0.717) is 52.2 Å². The molecule has 0 bridgehead atoms. The Morgan fingerprint density at radius 3 is 2.48 bits per heavy atom. The van der Waals surface area contributed by atoms with Gasteiger partial charge in [0, 0.05) is 36.1 Å². The second-order valence-corrected chi connectivity index (χ2v) is 19.4. The largest absolute Gasteiger partial charge is 0.488 e. The van der Waals surface area contributed by atoms with E-state index in [1.807, 2.05) is 26.2 Å². The zero-order chi connectivity index (χ0) is 41.7. The number of rotatable bonds is 16. The van der Waals surface area contributed by atoms with Crippen molar-refractivity contribution in [3.8, 4) is 22.9 Å². The smallest absolute Gasteiger partial charge is 0.357 e. The summed E-state index contributed by atoms with van der Waals surface area (Å²) >= 11 is 8.40. The molecule has 2 aromatic heterocycles. The highest BCUT2D eigenvalue weighted by Crippen LogP contribution is 2.57. The van der Waals surface area contributed by atoms with E-state index in [9.17, 15) is 24.3 Å². The number of ketones is 1. The van der Waals surface area contributed by atoms with Gasteiger partial charge in [-0.25, -0.2) is 16.5 Å². The molecular formula is C44H51ClN4O8S. The minimum absolute atomic E-state index is 0.0160. The Labute approximate surface area is 348 Å². The molecule has 4 aliphatic rings. The number of esters is 1. The third kappa shape index (κ3) is 8.60. The van der Waals surface area contributed by atoms with Crippen molar-refractivity contribution < 1.29 is 38.5 Å². The average molecular weight is 831 g/mol. The van der Waals surface area contributed by atoms with E-state index in [1.165, 1.54) is 22.7 Å². The Balaban J connectivity index is 1.21. The Morgan fingerprint density at radius 2 is 1.84 bits per heavy atom. The number of carbonyl (C=O) groups is 4. The van der Waals surface area contributed by atoms with Crippen LogP contribution in [0.15, 0.2) is 36.2 Å². The molecule has 1 aliphatic heterocycles. The van der Waals surface area contributed by atoms with Crippen molar-refractivity contribution in [2.45, 2.75) is 104 Å². The van der Waals surface area contributed by atoms with Crippen LogP contribution in [0.2, 0.25) is 5.02 Å². The summed E-state index contributed by atoms with van der Waals surface area (Å²) in [5.74, 6) is -1.10. The molecule has 1 amide bonds. The van der Waals surface area contributed by atoms with Crippen molar-refractivity contribution in [1.82, 2.24) is 14.9 Å². The number of amides is 1. The van der Waals surface area contributed by atoms with Gasteiger partial charge in [-0.2, -0.15) is 0 Å². The molecule has 14 heteroatoms. The number of ether oxygens (including phenoxy) is 3. The van der Waals surface area contributed by atoms with Crippen LogP contribution < -0.4 is 9.47 Å². The van der Waals surface area contributed by atoms with E-state index in [0.717, 1.165) is 24.3 Å². The van der Waals surface area contributed by atoms with Gasteiger partial charge in [0.05, 0.1) is 52.3 Å². The fourth-order valence-electron chi connectivity index (χ4n) is 8.85. The van der Waals surface area contributed by atoms with Gasteiger partial charge >= 0.3 is 18.7 Å². The van der Waals surface area contributed by atoms with Crippen molar-refractivity contribution in [2.75, 3.05) is 13.3 Å². The van der Waals surface area contributed by atoms with E-state index in [1.54, 1.807) is 24.3 Å². The first kappa shape index (κ1) is 41.6. The Bertz CT molecular complexity index is 2170. The van der Waals surface area contributed by atoms with Gasteiger partial charge in [-0.05, 0) is 66.9 Å². The Hall–Kier alpha value is -4.54. The summed E-state index contributed by atoms with van der Waals surface area (Å²) in [6.45, 7) is 20.7. The number of thiazole rings is 1. The normalized spacial score (nSPS) is 26.5. The number of fused-ring (bicyclic) bond motifs is 2. The number of aliphatic carboxylic acids is 1. The Morgan fingerprint density at radius 1 is 1.10 bits per heavy atom. The molecule has 3 aliphatic carbocycles. The molecule has 8 atom stereocenters. The number of aromatic nitrogens is 2. The summed E-state index contributed by atoms with van der Waals surface area (Å²) < 4.78 is 18.2. The molecule has 3 aromatic rings. The quantitative estimate of drug-likeness (QED) is 0.0847. The maximum Gasteiger partial charge on any atom is 0.357 e. The highest BCUT2D eigenvalue weighted by Gasteiger charge is 2.61. The van der Waals surface area contributed by atoms with Gasteiger partial charge in [0.2, 0.25) is 5.91 Å². The zero-order valence-corrected chi connectivity index (χ0v) is 35.2. The van der Waals surface area contributed by atoms with E-state index in [4.69, 9.17) is 42.4 Å². The number of hydrogen-bond donors (Lipinski definition) is 1. The van der Waals surface area contributed by atoms with Crippen molar-refractivity contribution >= 4 is 57.5 Å². The van der Waals surface area contributed by atoms with Gasteiger partial charge in [-0.3, -0.25) is 24.0 Å². The molecule has 1 saturated heterocycles. The number of allylic oxidation sites excluding steroid dienone is 1. The first-order chi connectivity index (χ1) is 27.5. The van der Waals surface area contributed by atoms with Crippen LogP contribution in [-0.2, 0) is 30.3 Å². The molecule has 3 saturated carbocycles. The number of carbonyl (C=O) groups excluding carboxylic acids is 3. The first-order valence-electron chi connectivity index (χ1n) is 20.1. The lowest BCUT2D eigenvalue weighted by Gasteiger charge is -2.35. The lowest BCUT2D eigenvalue weighted by atomic mass is 9.77. The van der Waals surface area contributed by atoms with Gasteiger partial charge in [0.25, 0.3) is 0 Å². The number of halogens is 1. The number of Topliss-reactive ketones (excluding diaryl/α,β-unsaturated/α-hetero) is 1.